The Hall–Kier alpha value is -4.25. The molecule has 0 saturated carbocycles. The van der Waals surface area contributed by atoms with Gasteiger partial charge in [-0.05, 0) is 104 Å². The van der Waals surface area contributed by atoms with Crippen LogP contribution in [0.5, 0.6) is 0 Å². The first kappa shape index (κ1) is 34.2. The molecular weight excluding hydrogens is 692 g/mol. The summed E-state index contributed by atoms with van der Waals surface area (Å²) in [5, 5.41) is 10.9. The number of nitrogens with zero attached hydrogens (tertiary/aromatic N) is 6. The Morgan fingerprint density at radius 2 is 1.58 bits per heavy atom. The summed E-state index contributed by atoms with van der Waals surface area (Å²) in [5.41, 5.74) is 4.74. The Balaban J connectivity index is 0.947. The number of rotatable bonds is 7. The minimum absolute atomic E-state index is 0.0748. The molecule has 5 heterocycles. The fraction of sp³-hybridized carbons (Fsp3) is 0.462. The normalized spacial score (nSPS) is 20.9. The summed E-state index contributed by atoms with van der Waals surface area (Å²) in [6.45, 7) is 10.0. The first-order valence-electron chi connectivity index (χ1n) is 17.9. The Bertz CT molecular complexity index is 1810. The van der Waals surface area contributed by atoms with Crippen LogP contribution in [0, 0.1) is 18.8 Å². The smallest absolute Gasteiger partial charge is 0.324 e. The number of benzene rings is 2. The minimum Gasteiger partial charge on any atom is -0.341 e. The van der Waals surface area contributed by atoms with E-state index in [1.165, 1.54) is 5.56 Å². The topological polar surface area (TPSA) is 108 Å². The maximum atomic E-state index is 13.8. The van der Waals surface area contributed by atoms with Gasteiger partial charge in [-0.25, -0.2) is 19.4 Å². The molecule has 0 spiro atoms. The number of anilines is 3. The molecule has 10 nitrogen and oxygen atoms in total. The van der Waals surface area contributed by atoms with Gasteiger partial charge in [0.25, 0.3) is 0 Å². The number of hydrogen-bond donors (Lipinski definition) is 2. The second-order valence-electron chi connectivity index (χ2n) is 15.3. The first-order valence-corrected chi connectivity index (χ1v) is 18.7. The van der Waals surface area contributed by atoms with Crippen LogP contribution < -0.4 is 15.5 Å². The van der Waals surface area contributed by atoms with E-state index >= 15 is 0 Å². The van der Waals surface area contributed by atoms with Crippen LogP contribution in [0.15, 0.2) is 71.5 Å². The van der Waals surface area contributed by atoms with Crippen molar-refractivity contribution >= 4 is 45.3 Å². The molecule has 7 rings (SSSR count). The predicted molar refractivity (Wildman–Crippen MR) is 201 cm³/mol. The van der Waals surface area contributed by atoms with Crippen LogP contribution in [-0.2, 0) is 16.6 Å². The second kappa shape index (κ2) is 14.2. The summed E-state index contributed by atoms with van der Waals surface area (Å²) in [6.07, 6.45) is 10.4. The van der Waals surface area contributed by atoms with E-state index in [2.05, 4.69) is 86.2 Å². The number of hydrogen-bond acceptors (Lipinski definition) is 6. The molecule has 262 valence electrons. The van der Waals surface area contributed by atoms with Crippen molar-refractivity contribution in [3.8, 4) is 5.69 Å². The monoisotopic (exact) mass is 738 g/mol. The van der Waals surface area contributed by atoms with Crippen molar-refractivity contribution in [3.05, 3.63) is 88.3 Å². The Morgan fingerprint density at radius 3 is 2.24 bits per heavy atom. The van der Waals surface area contributed by atoms with Gasteiger partial charge in [0.05, 0.1) is 15.9 Å². The zero-order valence-corrected chi connectivity index (χ0v) is 31.0. The molecule has 3 fully saturated rings. The molecule has 11 heteroatoms. The number of carbonyl (C=O) groups excluding carboxylic acids is 2. The van der Waals surface area contributed by atoms with Crippen LogP contribution in [0.3, 0.4) is 0 Å². The number of piperidine rings is 2. The molecule has 2 atom stereocenters. The quantitative estimate of drug-likeness (QED) is 0.200. The minimum atomic E-state index is -0.309. The van der Waals surface area contributed by atoms with Gasteiger partial charge in [-0.3, -0.25) is 10.1 Å². The van der Waals surface area contributed by atoms with Gasteiger partial charge in [0.15, 0.2) is 0 Å². The van der Waals surface area contributed by atoms with Gasteiger partial charge >= 0.3 is 6.03 Å². The van der Waals surface area contributed by atoms with Crippen molar-refractivity contribution in [2.75, 3.05) is 28.6 Å². The fourth-order valence-corrected chi connectivity index (χ4v) is 8.13. The number of fused-ring (bicyclic) bond motifs is 2. The Labute approximate surface area is 303 Å². The zero-order chi connectivity index (χ0) is 35.0. The van der Waals surface area contributed by atoms with Gasteiger partial charge in [0.2, 0.25) is 11.9 Å². The number of nitrogens with one attached hydrogen (secondary N) is 2. The van der Waals surface area contributed by atoms with E-state index in [9.17, 15) is 9.59 Å². The molecule has 3 amide bonds. The van der Waals surface area contributed by atoms with Gasteiger partial charge in [-0.2, -0.15) is 5.10 Å². The molecule has 3 aliphatic heterocycles. The maximum Gasteiger partial charge on any atom is 0.324 e. The van der Waals surface area contributed by atoms with Crippen molar-refractivity contribution in [2.24, 2.45) is 11.8 Å². The number of carbonyl (C=O) groups is 2. The van der Waals surface area contributed by atoms with Crippen LogP contribution in [0.25, 0.3) is 5.69 Å². The lowest BCUT2D eigenvalue weighted by Gasteiger charge is -2.42. The van der Waals surface area contributed by atoms with Gasteiger partial charge in [0, 0.05) is 60.7 Å². The van der Waals surface area contributed by atoms with Crippen LogP contribution in [0.2, 0.25) is 0 Å². The molecule has 2 unspecified atom stereocenters. The molecule has 50 heavy (non-hydrogen) atoms. The van der Waals surface area contributed by atoms with E-state index in [1.54, 1.807) is 17.1 Å². The highest BCUT2D eigenvalue weighted by Gasteiger charge is 2.45. The highest BCUT2D eigenvalue weighted by atomic mass is 79.9. The molecule has 3 aliphatic rings. The average molecular weight is 740 g/mol. The van der Waals surface area contributed by atoms with E-state index in [4.69, 9.17) is 5.10 Å². The lowest BCUT2D eigenvalue weighted by atomic mass is 9.84. The SMILES string of the molecule is Cc1ccc(-n2nc(C(C)(C)C)cc2NC(=O)Nc2cccc(CC3CC4CCC(C3)N4C(=O)C3CCN(c4ncc(Br)cn4)CC3)c2)cc1. The third-order valence-electron chi connectivity index (χ3n) is 10.5. The van der Waals surface area contributed by atoms with Crippen molar-refractivity contribution in [1.82, 2.24) is 24.6 Å². The number of halogens is 1. The molecule has 0 radical (unpaired) electrons. The van der Waals surface area contributed by atoms with E-state index in [0.717, 1.165) is 91.1 Å². The average Bonchev–Trinajstić information content (AvgIpc) is 3.63. The maximum absolute atomic E-state index is 13.8. The summed E-state index contributed by atoms with van der Waals surface area (Å²) in [6, 6.07) is 18.6. The van der Waals surface area contributed by atoms with E-state index in [-0.39, 0.29) is 17.4 Å². The molecule has 0 aliphatic carbocycles. The molecular formula is C39H47BrN8O2. The third kappa shape index (κ3) is 7.57. The predicted octanol–water partition coefficient (Wildman–Crippen LogP) is 7.90. The van der Waals surface area contributed by atoms with Gasteiger partial charge < -0.3 is 15.1 Å². The zero-order valence-electron chi connectivity index (χ0n) is 29.4. The first-order chi connectivity index (χ1) is 24.0. The van der Waals surface area contributed by atoms with E-state index in [0.29, 0.717) is 29.7 Å². The van der Waals surface area contributed by atoms with Crippen LogP contribution in [0.4, 0.5) is 22.2 Å². The lowest BCUT2D eigenvalue weighted by Crippen LogP contribution is -2.51. The van der Waals surface area contributed by atoms with Gasteiger partial charge in [-0.1, -0.05) is 50.6 Å². The number of amides is 3. The molecule has 3 saturated heterocycles. The molecule has 2 bridgehead atoms. The van der Waals surface area contributed by atoms with E-state index < -0.39 is 0 Å². The Kier molecular flexibility index (Phi) is 9.69. The van der Waals surface area contributed by atoms with Crippen LogP contribution >= 0.6 is 15.9 Å². The number of aryl methyl sites for hydroxylation is 1. The summed E-state index contributed by atoms with van der Waals surface area (Å²) in [7, 11) is 0. The number of aromatic nitrogens is 4. The Morgan fingerprint density at radius 1 is 0.900 bits per heavy atom. The summed E-state index contributed by atoms with van der Waals surface area (Å²) in [4.78, 5) is 40.5. The highest BCUT2D eigenvalue weighted by molar-refractivity contribution is 9.10. The summed E-state index contributed by atoms with van der Waals surface area (Å²) >= 11 is 3.40. The van der Waals surface area contributed by atoms with Crippen LogP contribution in [-0.4, -0.2) is 61.8 Å². The molecule has 2 aromatic heterocycles. The highest BCUT2D eigenvalue weighted by Crippen LogP contribution is 2.42. The lowest BCUT2D eigenvalue weighted by molar-refractivity contribution is -0.141. The van der Waals surface area contributed by atoms with Crippen molar-refractivity contribution in [2.45, 2.75) is 90.1 Å². The fourth-order valence-electron chi connectivity index (χ4n) is 7.93. The molecule has 2 aromatic carbocycles. The standard InChI is InChI=1S/C39H47BrN8O2/c1-25-8-10-31(11-9-25)48-35(22-34(45-48)39(2,3)4)44-38(50)43-30-7-5-6-26(19-30)18-27-20-32-12-13-33(21-27)47(32)36(49)28-14-16-46(17-15-28)37-41-23-29(40)24-42-37/h5-11,19,22-24,27-28,32-33H,12-18,20-21H2,1-4H3,(H2,43,44,50). The van der Waals surface area contributed by atoms with Crippen molar-refractivity contribution in [3.63, 3.8) is 0 Å². The largest absolute Gasteiger partial charge is 0.341 e. The molecule has 2 N–H and O–H groups in total. The summed E-state index contributed by atoms with van der Waals surface area (Å²) < 4.78 is 2.66. The van der Waals surface area contributed by atoms with Gasteiger partial charge in [0.1, 0.15) is 5.82 Å². The van der Waals surface area contributed by atoms with Crippen LogP contribution in [0.1, 0.15) is 76.1 Å². The van der Waals surface area contributed by atoms with Crippen molar-refractivity contribution < 1.29 is 9.59 Å². The summed E-state index contributed by atoms with van der Waals surface area (Å²) in [5.74, 6) is 2.29. The third-order valence-corrected chi connectivity index (χ3v) is 10.9. The second-order valence-corrected chi connectivity index (χ2v) is 16.2. The number of urea groups is 1. The molecule has 4 aromatic rings. The van der Waals surface area contributed by atoms with Crippen molar-refractivity contribution in [1.29, 1.82) is 0 Å². The van der Waals surface area contributed by atoms with E-state index in [1.807, 2.05) is 42.5 Å². The van der Waals surface area contributed by atoms with Gasteiger partial charge in [-0.15, -0.1) is 0 Å².